The van der Waals surface area contributed by atoms with Gasteiger partial charge < -0.3 is 19.9 Å². The van der Waals surface area contributed by atoms with Gasteiger partial charge in [0.1, 0.15) is 11.4 Å². The van der Waals surface area contributed by atoms with Gasteiger partial charge in [-0.05, 0) is 30.7 Å². The molecule has 0 atom stereocenters. The molecule has 0 radical (unpaired) electrons. The lowest BCUT2D eigenvalue weighted by atomic mass is 10.2. The van der Waals surface area contributed by atoms with Crippen LogP contribution in [-0.4, -0.2) is 72.9 Å². The number of hydrogen-bond acceptors (Lipinski definition) is 4. The van der Waals surface area contributed by atoms with Gasteiger partial charge in [-0.1, -0.05) is 6.07 Å². The van der Waals surface area contributed by atoms with E-state index in [-0.39, 0.29) is 11.9 Å². The third kappa shape index (κ3) is 4.53. The Balaban J connectivity index is 2.06. The van der Waals surface area contributed by atoms with Crippen LogP contribution in [0.2, 0.25) is 0 Å². The van der Waals surface area contributed by atoms with Crippen LogP contribution in [0.4, 0.5) is 4.79 Å². The van der Waals surface area contributed by atoms with E-state index in [1.54, 1.807) is 45.2 Å². The maximum atomic E-state index is 12.5. The lowest BCUT2D eigenvalue weighted by molar-refractivity contribution is 0.0789. The number of rotatable bonds is 6. The van der Waals surface area contributed by atoms with Crippen LogP contribution in [-0.2, 0) is 0 Å². The van der Waals surface area contributed by atoms with Crippen LogP contribution in [0.3, 0.4) is 0 Å². The highest BCUT2D eigenvalue weighted by Crippen LogP contribution is 2.23. The summed E-state index contributed by atoms with van der Waals surface area (Å²) in [5.74, 6) is 0.465. The normalized spacial score (nSPS) is 10.3. The number of likely N-dealkylation sites (N-methyl/N-ethyl adjacent to an activating group) is 1. The average molecular weight is 359 g/mol. The molecule has 140 valence electrons. The summed E-state index contributed by atoms with van der Waals surface area (Å²) in [5.41, 5.74) is 2.17. The summed E-state index contributed by atoms with van der Waals surface area (Å²) in [4.78, 5) is 27.0. The zero-order chi connectivity index (χ0) is 19.3. The van der Waals surface area contributed by atoms with Crippen molar-refractivity contribution in [2.45, 2.75) is 6.92 Å². The van der Waals surface area contributed by atoms with Crippen molar-refractivity contribution in [1.82, 2.24) is 24.9 Å². The number of amides is 3. The highest BCUT2D eigenvalue weighted by molar-refractivity contribution is 5.92. The number of methoxy groups -OCH3 is 1. The lowest BCUT2D eigenvalue weighted by Gasteiger charge is -2.17. The number of carbonyl (C=O) groups is 2. The Kier molecular flexibility index (Phi) is 6.21. The van der Waals surface area contributed by atoms with Crippen molar-refractivity contribution in [3.05, 3.63) is 41.7 Å². The van der Waals surface area contributed by atoms with E-state index in [1.807, 2.05) is 25.1 Å². The molecule has 1 aromatic heterocycles. The Morgan fingerprint density at radius 2 is 1.96 bits per heavy atom. The number of hydrogen-bond donors (Lipinski definition) is 1. The van der Waals surface area contributed by atoms with Gasteiger partial charge in [-0.15, -0.1) is 0 Å². The molecule has 0 saturated carbocycles. The van der Waals surface area contributed by atoms with Crippen LogP contribution in [0.1, 0.15) is 16.1 Å². The first-order valence-corrected chi connectivity index (χ1v) is 8.24. The number of aromatic nitrogens is 2. The van der Waals surface area contributed by atoms with Gasteiger partial charge in [-0.25, -0.2) is 9.48 Å². The Hall–Kier alpha value is -3.03. The second kappa shape index (κ2) is 8.37. The first-order valence-electron chi connectivity index (χ1n) is 8.24. The van der Waals surface area contributed by atoms with Gasteiger partial charge >= 0.3 is 6.03 Å². The minimum atomic E-state index is -0.213. The highest BCUT2D eigenvalue weighted by atomic mass is 16.5. The molecule has 0 aliphatic carbocycles. The zero-order valence-corrected chi connectivity index (χ0v) is 15.8. The predicted molar refractivity (Wildman–Crippen MR) is 98.9 cm³/mol. The fraction of sp³-hybridized carbons (Fsp3) is 0.389. The summed E-state index contributed by atoms with van der Waals surface area (Å²) >= 11 is 0. The Labute approximate surface area is 153 Å². The molecule has 1 heterocycles. The van der Waals surface area contributed by atoms with Crippen molar-refractivity contribution in [2.75, 3.05) is 41.3 Å². The largest absolute Gasteiger partial charge is 0.494 e. The molecule has 2 aromatic rings. The van der Waals surface area contributed by atoms with Gasteiger partial charge in [-0.2, -0.15) is 5.10 Å². The van der Waals surface area contributed by atoms with Crippen molar-refractivity contribution >= 4 is 11.9 Å². The summed E-state index contributed by atoms with van der Waals surface area (Å²) in [7, 11) is 6.60. The first-order chi connectivity index (χ1) is 12.3. The van der Waals surface area contributed by atoms with Crippen LogP contribution in [0, 0.1) is 6.92 Å². The van der Waals surface area contributed by atoms with E-state index in [0.717, 1.165) is 11.3 Å². The van der Waals surface area contributed by atoms with E-state index < -0.39 is 0 Å². The molecule has 0 saturated heterocycles. The van der Waals surface area contributed by atoms with E-state index in [4.69, 9.17) is 4.74 Å². The van der Waals surface area contributed by atoms with Crippen molar-refractivity contribution in [2.24, 2.45) is 0 Å². The number of carbonyl (C=O) groups excluding carboxylic acids is 2. The molecule has 1 N–H and O–H groups in total. The maximum absolute atomic E-state index is 12.5. The van der Waals surface area contributed by atoms with Crippen LogP contribution < -0.4 is 10.1 Å². The van der Waals surface area contributed by atoms with Gasteiger partial charge in [0.25, 0.3) is 5.91 Å². The van der Waals surface area contributed by atoms with E-state index in [1.165, 1.54) is 9.80 Å². The van der Waals surface area contributed by atoms with Gasteiger partial charge in [0.05, 0.1) is 7.11 Å². The molecule has 0 aliphatic rings. The van der Waals surface area contributed by atoms with Crippen molar-refractivity contribution in [3.8, 4) is 11.4 Å². The van der Waals surface area contributed by atoms with E-state index in [9.17, 15) is 9.59 Å². The van der Waals surface area contributed by atoms with Crippen molar-refractivity contribution < 1.29 is 14.3 Å². The predicted octanol–water partition coefficient (Wildman–Crippen LogP) is 1.53. The molecule has 0 fully saturated rings. The SMILES string of the molecule is COc1ccc(C)cc1-n1ccc(C(=O)N(C)CCNC(=O)N(C)C)n1. The third-order valence-corrected chi connectivity index (χ3v) is 3.87. The van der Waals surface area contributed by atoms with Crippen LogP contribution >= 0.6 is 0 Å². The molecule has 0 spiro atoms. The number of urea groups is 1. The zero-order valence-electron chi connectivity index (χ0n) is 15.8. The number of nitrogens with one attached hydrogen (secondary N) is 1. The monoisotopic (exact) mass is 359 g/mol. The fourth-order valence-electron chi connectivity index (χ4n) is 2.34. The Morgan fingerprint density at radius 1 is 1.23 bits per heavy atom. The minimum absolute atomic E-state index is 0.193. The summed E-state index contributed by atoms with van der Waals surface area (Å²) < 4.78 is 6.99. The summed E-state index contributed by atoms with van der Waals surface area (Å²) in [5, 5.41) is 7.10. The second-order valence-electron chi connectivity index (χ2n) is 6.17. The Bertz CT molecular complexity index is 785. The molecule has 0 aliphatic heterocycles. The molecule has 2 rings (SSSR count). The molecule has 8 heteroatoms. The summed E-state index contributed by atoms with van der Waals surface area (Å²) in [6, 6.07) is 7.24. The number of aryl methyl sites for hydroxylation is 1. The van der Waals surface area contributed by atoms with Crippen LogP contribution in [0.15, 0.2) is 30.5 Å². The quantitative estimate of drug-likeness (QED) is 0.848. The van der Waals surface area contributed by atoms with E-state index >= 15 is 0 Å². The summed E-state index contributed by atoms with van der Waals surface area (Å²) in [6.45, 7) is 2.74. The van der Waals surface area contributed by atoms with Gasteiger partial charge in [0.15, 0.2) is 5.69 Å². The Morgan fingerprint density at radius 3 is 2.62 bits per heavy atom. The lowest BCUT2D eigenvalue weighted by Crippen LogP contribution is -2.40. The maximum Gasteiger partial charge on any atom is 0.316 e. The standard InChI is InChI=1S/C18H25N5O3/c1-13-6-7-16(26-5)15(12-13)23-10-8-14(20-23)17(24)22(4)11-9-19-18(25)21(2)3/h6-8,10,12H,9,11H2,1-5H3,(H,19,25). The number of ether oxygens (including phenoxy) is 1. The summed E-state index contributed by atoms with van der Waals surface area (Å²) in [6.07, 6.45) is 1.73. The second-order valence-corrected chi connectivity index (χ2v) is 6.17. The smallest absolute Gasteiger partial charge is 0.316 e. The molecular weight excluding hydrogens is 334 g/mol. The topological polar surface area (TPSA) is 79.7 Å². The van der Waals surface area contributed by atoms with Crippen molar-refractivity contribution in [1.29, 1.82) is 0 Å². The highest BCUT2D eigenvalue weighted by Gasteiger charge is 2.16. The average Bonchev–Trinajstić information content (AvgIpc) is 3.10. The molecule has 0 unspecified atom stereocenters. The molecule has 1 aromatic carbocycles. The molecule has 8 nitrogen and oxygen atoms in total. The van der Waals surface area contributed by atoms with Gasteiger partial charge in [0, 0.05) is 40.4 Å². The molecule has 3 amide bonds. The number of nitrogens with zero attached hydrogens (tertiary/aromatic N) is 4. The molecule has 0 bridgehead atoms. The van der Waals surface area contributed by atoms with Gasteiger partial charge in [0.2, 0.25) is 0 Å². The minimum Gasteiger partial charge on any atom is -0.494 e. The third-order valence-electron chi connectivity index (χ3n) is 3.87. The van der Waals surface area contributed by atoms with E-state index in [2.05, 4.69) is 10.4 Å². The number of benzene rings is 1. The van der Waals surface area contributed by atoms with Gasteiger partial charge in [-0.3, -0.25) is 4.79 Å². The first kappa shape index (κ1) is 19.3. The van der Waals surface area contributed by atoms with E-state index in [0.29, 0.717) is 24.5 Å². The van der Waals surface area contributed by atoms with Crippen LogP contribution in [0.5, 0.6) is 5.75 Å². The van der Waals surface area contributed by atoms with Crippen LogP contribution in [0.25, 0.3) is 5.69 Å². The molecular formula is C18H25N5O3. The fourth-order valence-corrected chi connectivity index (χ4v) is 2.34. The van der Waals surface area contributed by atoms with Crippen molar-refractivity contribution in [3.63, 3.8) is 0 Å². The molecule has 26 heavy (non-hydrogen) atoms.